The van der Waals surface area contributed by atoms with Crippen LogP contribution in [0.3, 0.4) is 0 Å². The summed E-state index contributed by atoms with van der Waals surface area (Å²) >= 11 is 1.23. The van der Waals surface area contributed by atoms with E-state index in [4.69, 9.17) is 4.74 Å². The number of hydrogen-bond donors (Lipinski definition) is 1. The predicted octanol–water partition coefficient (Wildman–Crippen LogP) is 2.85. The first-order valence-electron chi connectivity index (χ1n) is 8.43. The average molecular weight is 349 g/mol. The van der Waals surface area contributed by atoms with E-state index in [0.29, 0.717) is 33.0 Å². The van der Waals surface area contributed by atoms with Crippen molar-refractivity contribution in [3.8, 4) is 0 Å². The first-order valence-corrected chi connectivity index (χ1v) is 9.24. The van der Waals surface area contributed by atoms with Crippen LogP contribution in [0.4, 0.5) is 0 Å². The van der Waals surface area contributed by atoms with Gasteiger partial charge >= 0.3 is 5.97 Å². The molecule has 0 aromatic carbocycles. The Morgan fingerprint density at radius 3 is 2.58 bits per heavy atom. The monoisotopic (exact) mass is 349 g/mol. The van der Waals surface area contributed by atoms with Gasteiger partial charge in [0.1, 0.15) is 15.5 Å². The van der Waals surface area contributed by atoms with Crippen molar-refractivity contribution in [3.63, 3.8) is 0 Å². The van der Waals surface area contributed by atoms with Crippen LogP contribution in [0.2, 0.25) is 0 Å². The Labute approximate surface area is 144 Å². The fraction of sp³-hybridized carbons (Fsp3) is 0.588. The van der Waals surface area contributed by atoms with Crippen molar-refractivity contribution < 1.29 is 9.53 Å². The fourth-order valence-electron chi connectivity index (χ4n) is 3.23. The van der Waals surface area contributed by atoms with Crippen LogP contribution in [0, 0.1) is 6.92 Å². The van der Waals surface area contributed by atoms with Crippen LogP contribution in [0.25, 0.3) is 10.2 Å². The van der Waals surface area contributed by atoms with Crippen LogP contribution in [-0.2, 0) is 11.3 Å². The van der Waals surface area contributed by atoms with Crippen LogP contribution in [0.15, 0.2) is 4.79 Å². The van der Waals surface area contributed by atoms with E-state index < -0.39 is 5.97 Å². The van der Waals surface area contributed by atoms with Gasteiger partial charge in [0, 0.05) is 0 Å². The molecule has 0 atom stereocenters. The molecule has 2 aromatic heterocycles. The summed E-state index contributed by atoms with van der Waals surface area (Å²) in [5.41, 5.74) is 0.472. The van der Waals surface area contributed by atoms with E-state index in [-0.39, 0.29) is 5.56 Å². The number of hydrogen-bond acceptors (Lipinski definition) is 6. The van der Waals surface area contributed by atoms with Crippen molar-refractivity contribution in [2.24, 2.45) is 0 Å². The summed E-state index contributed by atoms with van der Waals surface area (Å²) in [4.78, 5) is 35.2. The van der Waals surface area contributed by atoms with E-state index in [2.05, 4.69) is 14.9 Å². The summed E-state index contributed by atoms with van der Waals surface area (Å²) in [6, 6.07) is 0. The zero-order valence-corrected chi connectivity index (χ0v) is 15.0. The zero-order valence-electron chi connectivity index (χ0n) is 14.2. The minimum absolute atomic E-state index is 0.175. The van der Waals surface area contributed by atoms with Crippen LogP contribution >= 0.6 is 11.3 Å². The van der Waals surface area contributed by atoms with Gasteiger partial charge in [0.15, 0.2) is 0 Å². The molecule has 0 amide bonds. The van der Waals surface area contributed by atoms with Gasteiger partial charge in [0.25, 0.3) is 5.56 Å². The molecule has 0 spiro atoms. The Morgan fingerprint density at radius 1 is 1.25 bits per heavy atom. The highest BCUT2D eigenvalue weighted by atomic mass is 32.1. The number of aromatic amines is 1. The Balaban J connectivity index is 1.89. The molecule has 7 heteroatoms. The number of likely N-dealkylation sites (tertiary alicyclic amines) is 1. The minimum atomic E-state index is -0.416. The molecule has 0 aliphatic carbocycles. The second-order valence-electron chi connectivity index (χ2n) is 6.28. The van der Waals surface area contributed by atoms with Crippen molar-refractivity contribution in [3.05, 3.63) is 26.6 Å². The van der Waals surface area contributed by atoms with E-state index in [1.165, 1.54) is 50.6 Å². The second-order valence-corrected chi connectivity index (χ2v) is 7.28. The van der Waals surface area contributed by atoms with Crippen molar-refractivity contribution in [1.82, 2.24) is 14.9 Å². The summed E-state index contributed by atoms with van der Waals surface area (Å²) < 4.78 is 4.79. The maximum Gasteiger partial charge on any atom is 0.348 e. The standard InChI is InChI=1S/C17H23N3O3S/c1-11-13-15(21)18-12(10-20-8-6-4-3-5-7-9-20)19-16(13)24-14(11)17(22)23-2/h3-10H2,1-2H3,(H,18,19,21). The number of esters is 1. The van der Waals surface area contributed by atoms with E-state index in [9.17, 15) is 9.59 Å². The molecule has 1 N–H and O–H groups in total. The Hall–Kier alpha value is -1.73. The lowest BCUT2D eigenvalue weighted by Crippen LogP contribution is -2.28. The first-order chi connectivity index (χ1) is 11.6. The number of ether oxygens (including phenoxy) is 1. The summed E-state index contributed by atoms with van der Waals surface area (Å²) in [5.74, 6) is 0.256. The summed E-state index contributed by atoms with van der Waals surface area (Å²) in [7, 11) is 1.34. The molecule has 0 bridgehead atoms. The quantitative estimate of drug-likeness (QED) is 0.863. The molecule has 24 heavy (non-hydrogen) atoms. The molecule has 6 nitrogen and oxygen atoms in total. The third kappa shape index (κ3) is 3.52. The number of rotatable bonds is 3. The highest BCUT2D eigenvalue weighted by Crippen LogP contribution is 2.27. The molecular formula is C17H23N3O3S. The zero-order chi connectivity index (χ0) is 17.1. The topological polar surface area (TPSA) is 75.3 Å². The molecule has 0 unspecified atom stereocenters. The highest BCUT2D eigenvalue weighted by molar-refractivity contribution is 7.20. The maximum atomic E-state index is 12.4. The van der Waals surface area contributed by atoms with Crippen molar-refractivity contribution in [2.75, 3.05) is 20.2 Å². The molecule has 130 valence electrons. The van der Waals surface area contributed by atoms with Crippen molar-refractivity contribution >= 4 is 27.5 Å². The highest BCUT2D eigenvalue weighted by Gasteiger charge is 2.20. The number of thiophene rings is 1. The third-order valence-electron chi connectivity index (χ3n) is 4.54. The minimum Gasteiger partial charge on any atom is -0.465 e. The number of methoxy groups -OCH3 is 1. The number of fused-ring (bicyclic) bond motifs is 1. The van der Waals surface area contributed by atoms with E-state index in [1.807, 2.05) is 0 Å². The molecule has 2 aromatic rings. The lowest BCUT2D eigenvalue weighted by atomic mass is 10.1. The van der Waals surface area contributed by atoms with Crippen molar-refractivity contribution in [1.29, 1.82) is 0 Å². The maximum absolute atomic E-state index is 12.4. The van der Waals surface area contributed by atoms with Crippen LogP contribution in [0.1, 0.15) is 53.2 Å². The molecule has 3 heterocycles. The van der Waals surface area contributed by atoms with E-state index in [1.54, 1.807) is 6.92 Å². The Kier molecular flexibility index (Phi) is 5.30. The molecule has 0 saturated carbocycles. The summed E-state index contributed by atoms with van der Waals surface area (Å²) in [6.07, 6.45) is 6.24. The van der Waals surface area contributed by atoms with Gasteiger partial charge in [-0.05, 0) is 38.4 Å². The molecular weight excluding hydrogens is 326 g/mol. The van der Waals surface area contributed by atoms with Gasteiger partial charge in [-0.1, -0.05) is 19.3 Å². The van der Waals surface area contributed by atoms with Gasteiger partial charge < -0.3 is 9.72 Å². The van der Waals surface area contributed by atoms with Gasteiger partial charge in [-0.2, -0.15) is 0 Å². The second kappa shape index (κ2) is 7.44. The van der Waals surface area contributed by atoms with Crippen LogP contribution in [-0.4, -0.2) is 41.0 Å². The van der Waals surface area contributed by atoms with Gasteiger partial charge in [0.2, 0.25) is 0 Å². The largest absolute Gasteiger partial charge is 0.465 e. The number of carbonyl (C=O) groups is 1. The fourth-order valence-corrected chi connectivity index (χ4v) is 4.35. The molecule has 3 rings (SSSR count). The SMILES string of the molecule is COC(=O)c1sc2nc(CN3CCCCCCC3)[nH]c(=O)c2c1C. The lowest BCUT2D eigenvalue weighted by molar-refractivity contribution is 0.0605. The van der Waals surface area contributed by atoms with Crippen molar-refractivity contribution in [2.45, 2.75) is 45.6 Å². The average Bonchev–Trinajstić information content (AvgIpc) is 2.86. The Morgan fingerprint density at radius 2 is 1.92 bits per heavy atom. The number of nitrogens with one attached hydrogen (secondary N) is 1. The van der Waals surface area contributed by atoms with E-state index >= 15 is 0 Å². The van der Waals surface area contributed by atoms with Gasteiger partial charge in [-0.25, -0.2) is 9.78 Å². The van der Waals surface area contributed by atoms with Gasteiger partial charge in [-0.15, -0.1) is 11.3 Å². The van der Waals surface area contributed by atoms with Gasteiger partial charge in [-0.3, -0.25) is 9.69 Å². The molecule has 0 radical (unpaired) electrons. The molecule has 1 aliphatic rings. The third-order valence-corrected chi connectivity index (χ3v) is 5.71. The smallest absolute Gasteiger partial charge is 0.348 e. The first kappa shape index (κ1) is 17.1. The number of carbonyl (C=O) groups excluding carboxylic acids is 1. The van der Waals surface area contributed by atoms with E-state index in [0.717, 1.165) is 13.1 Å². The van der Waals surface area contributed by atoms with Crippen LogP contribution in [0.5, 0.6) is 0 Å². The lowest BCUT2D eigenvalue weighted by Gasteiger charge is -2.23. The number of aromatic nitrogens is 2. The molecule has 1 fully saturated rings. The Bertz CT molecular complexity index is 788. The number of H-pyrrole nitrogens is 1. The normalized spacial score (nSPS) is 16.8. The predicted molar refractivity (Wildman–Crippen MR) is 94.7 cm³/mol. The summed E-state index contributed by atoms with van der Waals surface area (Å²) in [5, 5.41) is 0.497. The summed E-state index contributed by atoms with van der Waals surface area (Å²) in [6.45, 7) is 4.49. The number of aryl methyl sites for hydroxylation is 1. The molecule has 1 saturated heterocycles. The van der Waals surface area contributed by atoms with Crippen LogP contribution < -0.4 is 5.56 Å². The molecule has 1 aliphatic heterocycles. The van der Waals surface area contributed by atoms with Gasteiger partial charge in [0.05, 0.1) is 19.0 Å². The number of nitrogens with zero attached hydrogens (tertiary/aromatic N) is 2.